The zero-order chi connectivity index (χ0) is 17.1. The van der Waals surface area contributed by atoms with Crippen LogP contribution in [0.25, 0.3) is 0 Å². The molecule has 0 atom stereocenters. The SMILES string of the molecule is Cc1ccc(C)c(C(=O)c2ccccc2C(=O)NCC2CNC2)c1.Cl. The lowest BCUT2D eigenvalue weighted by molar-refractivity contribution is 0.0931. The van der Waals surface area contributed by atoms with E-state index < -0.39 is 0 Å². The second kappa shape index (κ2) is 8.28. The smallest absolute Gasteiger partial charge is 0.252 e. The van der Waals surface area contributed by atoms with Crippen LogP contribution in [0.3, 0.4) is 0 Å². The van der Waals surface area contributed by atoms with E-state index in [9.17, 15) is 9.59 Å². The average Bonchev–Trinajstić information content (AvgIpc) is 2.55. The number of benzene rings is 2. The number of carbonyl (C=O) groups is 2. The summed E-state index contributed by atoms with van der Waals surface area (Å²) in [7, 11) is 0. The van der Waals surface area contributed by atoms with E-state index in [1.807, 2.05) is 32.0 Å². The summed E-state index contributed by atoms with van der Waals surface area (Å²) in [6.45, 7) is 6.38. The molecule has 0 unspecified atom stereocenters. The van der Waals surface area contributed by atoms with Gasteiger partial charge < -0.3 is 10.6 Å². The minimum Gasteiger partial charge on any atom is -0.352 e. The van der Waals surface area contributed by atoms with E-state index in [1.54, 1.807) is 24.3 Å². The van der Waals surface area contributed by atoms with E-state index in [0.717, 1.165) is 24.2 Å². The first-order chi connectivity index (χ1) is 11.6. The quantitative estimate of drug-likeness (QED) is 0.808. The average molecular weight is 359 g/mol. The molecule has 25 heavy (non-hydrogen) atoms. The van der Waals surface area contributed by atoms with Crippen molar-refractivity contribution >= 4 is 24.1 Å². The van der Waals surface area contributed by atoms with Crippen LogP contribution in [0.4, 0.5) is 0 Å². The molecule has 132 valence electrons. The maximum Gasteiger partial charge on any atom is 0.252 e. The highest BCUT2D eigenvalue weighted by atomic mass is 35.5. The number of amides is 1. The molecule has 1 aliphatic heterocycles. The lowest BCUT2D eigenvalue weighted by Crippen LogP contribution is -2.48. The number of rotatable bonds is 5. The normalized spacial score (nSPS) is 13.5. The van der Waals surface area contributed by atoms with Crippen molar-refractivity contribution in [2.75, 3.05) is 19.6 Å². The van der Waals surface area contributed by atoms with Gasteiger partial charge in [-0.15, -0.1) is 12.4 Å². The standard InChI is InChI=1S/C20H22N2O2.ClH/c1-13-7-8-14(2)18(9-13)19(23)16-5-3-4-6-17(16)20(24)22-12-15-10-21-11-15;/h3-9,15,21H,10-12H2,1-2H3,(H,22,24);1H. The lowest BCUT2D eigenvalue weighted by atomic mass is 9.94. The van der Waals surface area contributed by atoms with Gasteiger partial charge in [0.15, 0.2) is 5.78 Å². The van der Waals surface area contributed by atoms with Crippen molar-refractivity contribution in [3.8, 4) is 0 Å². The van der Waals surface area contributed by atoms with E-state index in [-0.39, 0.29) is 24.1 Å². The topological polar surface area (TPSA) is 58.2 Å². The molecule has 4 nitrogen and oxygen atoms in total. The van der Waals surface area contributed by atoms with E-state index >= 15 is 0 Å². The highest BCUT2D eigenvalue weighted by Crippen LogP contribution is 2.19. The summed E-state index contributed by atoms with van der Waals surface area (Å²) in [6, 6.07) is 12.8. The van der Waals surface area contributed by atoms with Crippen molar-refractivity contribution in [1.29, 1.82) is 0 Å². The van der Waals surface area contributed by atoms with Crippen molar-refractivity contribution in [3.63, 3.8) is 0 Å². The fourth-order valence-electron chi connectivity index (χ4n) is 2.83. The molecule has 2 aromatic carbocycles. The Labute approximate surface area is 154 Å². The molecule has 0 spiro atoms. The van der Waals surface area contributed by atoms with Crippen molar-refractivity contribution in [1.82, 2.24) is 10.6 Å². The molecular formula is C20H23ClN2O2. The number of hydrogen-bond acceptors (Lipinski definition) is 3. The third-order valence-corrected chi connectivity index (χ3v) is 4.47. The zero-order valence-corrected chi connectivity index (χ0v) is 15.3. The summed E-state index contributed by atoms with van der Waals surface area (Å²) in [5.41, 5.74) is 3.49. The summed E-state index contributed by atoms with van der Waals surface area (Å²) in [5.74, 6) is 0.194. The third kappa shape index (κ3) is 4.27. The van der Waals surface area contributed by atoms with Crippen LogP contribution in [0, 0.1) is 19.8 Å². The molecule has 1 amide bonds. The summed E-state index contributed by atoms with van der Waals surface area (Å²) in [4.78, 5) is 25.5. The molecule has 3 rings (SSSR count). The minimum atomic E-state index is -0.184. The van der Waals surface area contributed by atoms with Crippen LogP contribution >= 0.6 is 12.4 Å². The Hall–Kier alpha value is -2.17. The van der Waals surface area contributed by atoms with Crippen molar-refractivity contribution in [2.24, 2.45) is 5.92 Å². The molecule has 2 aromatic rings. The van der Waals surface area contributed by atoms with Crippen molar-refractivity contribution in [3.05, 3.63) is 70.3 Å². The number of aryl methyl sites for hydroxylation is 2. The second-order valence-corrected chi connectivity index (χ2v) is 6.43. The van der Waals surface area contributed by atoms with Gasteiger partial charge in [-0.25, -0.2) is 0 Å². The predicted octanol–water partition coefficient (Wildman–Crippen LogP) is 2.91. The van der Waals surface area contributed by atoms with Crippen molar-refractivity contribution in [2.45, 2.75) is 13.8 Å². The third-order valence-electron chi connectivity index (χ3n) is 4.47. The van der Waals surface area contributed by atoms with Gasteiger partial charge in [-0.2, -0.15) is 0 Å². The summed E-state index contributed by atoms with van der Waals surface area (Å²) < 4.78 is 0. The number of halogens is 1. The van der Waals surface area contributed by atoms with Gasteiger partial charge in [0.2, 0.25) is 0 Å². The Morgan fingerprint density at radius 3 is 2.36 bits per heavy atom. The van der Waals surface area contributed by atoms with Gasteiger partial charge in [0.25, 0.3) is 5.91 Å². The predicted molar refractivity (Wildman–Crippen MR) is 102 cm³/mol. The van der Waals surface area contributed by atoms with Crippen LogP contribution in [0.1, 0.15) is 37.4 Å². The van der Waals surface area contributed by atoms with E-state index in [1.165, 1.54) is 0 Å². The van der Waals surface area contributed by atoms with Crippen molar-refractivity contribution < 1.29 is 9.59 Å². The molecule has 0 aromatic heterocycles. The molecule has 2 N–H and O–H groups in total. The number of hydrogen-bond donors (Lipinski definition) is 2. The number of carbonyl (C=O) groups excluding carboxylic acids is 2. The maximum atomic E-state index is 13.0. The Bertz CT molecular complexity index is 785. The largest absolute Gasteiger partial charge is 0.352 e. The number of ketones is 1. The molecule has 1 saturated heterocycles. The van der Waals surface area contributed by atoms with Crippen LogP contribution in [-0.2, 0) is 0 Å². The van der Waals surface area contributed by atoms with Crippen LogP contribution in [0.2, 0.25) is 0 Å². The Morgan fingerprint density at radius 2 is 1.72 bits per heavy atom. The Kier molecular flexibility index (Phi) is 6.34. The highest BCUT2D eigenvalue weighted by Gasteiger charge is 2.21. The summed E-state index contributed by atoms with van der Waals surface area (Å²) in [5, 5.41) is 6.12. The molecule has 1 fully saturated rings. The fourth-order valence-corrected chi connectivity index (χ4v) is 2.83. The van der Waals surface area contributed by atoms with E-state index in [2.05, 4.69) is 10.6 Å². The van der Waals surface area contributed by atoms with Gasteiger partial charge in [-0.3, -0.25) is 9.59 Å². The van der Waals surface area contributed by atoms with Crippen LogP contribution in [0.15, 0.2) is 42.5 Å². The van der Waals surface area contributed by atoms with Gasteiger partial charge in [-0.05, 0) is 31.5 Å². The first kappa shape index (κ1) is 19.2. The van der Waals surface area contributed by atoms with E-state index in [0.29, 0.717) is 29.2 Å². The molecule has 0 bridgehead atoms. The summed E-state index contributed by atoms with van der Waals surface area (Å²) in [6.07, 6.45) is 0. The van der Waals surface area contributed by atoms with Crippen LogP contribution in [0.5, 0.6) is 0 Å². The fraction of sp³-hybridized carbons (Fsp3) is 0.300. The monoisotopic (exact) mass is 358 g/mol. The van der Waals surface area contributed by atoms with E-state index in [4.69, 9.17) is 0 Å². The van der Waals surface area contributed by atoms with Gasteiger partial charge in [0, 0.05) is 36.7 Å². The molecule has 1 heterocycles. The first-order valence-corrected chi connectivity index (χ1v) is 8.26. The van der Waals surface area contributed by atoms with Gasteiger partial charge >= 0.3 is 0 Å². The van der Waals surface area contributed by atoms with Crippen LogP contribution in [-0.4, -0.2) is 31.3 Å². The molecule has 1 aliphatic rings. The molecule has 0 saturated carbocycles. The summed E-state index contributed by atoms with van der Waals surface area (Å²) >= 11 is 0. The number of nitrogens with one attached hydrogen (secondary N) is 2. The molecule has 5 heteroatoms. The zero-order valence-electron chi connectivity index (χ0n) is 14.5. The van der Waals surface area contributed by atoms with Gasteiger partial charge in [0.1, 0.15) is 0 Å². The first-order valence-electron chi connectivity index (χ1n) is 8.26. The lowest BCUT2D eigenvalue weighted by Gasteiger charge is -2.27. The maximum absolute atomic E-state index is 13.0. The highest BCUT2D eigenvalue weighted by molar-refractivity contribution is 6.15. The molecule has 0 aliphatic carbocycles. The minimum absolute atomic E-state index is 0. The van der Waals surface area contributed by atoms with Gasteiger partial charge in [-0.1, -0.05) is 35.9 Å². The molecule has 0 radical (unpaired) electrons. The second-order valence-electron chi connectivity index (χ2n) is 6.43. The van der Waals surface area contributed by atoms with Gasteiger partial charge in [0.05, 0.1) is 5.56 Å². The van der Waals surface area contributed by atoms with Crippen LogP contribution < -0.4 is 10.6 Å². The molecular weight excluding hydrogens is 336 g/mol. The Morgan fingerprint density at radius 1 is 1.04 bits per heavy atom. The Balaban J connectivity index is 0.00000225.